The lowest BCUT2D eigenvalue weighted by Gasteiger charge is -2.18. The van der Waals surface area contributed by atoms with Crippen LogP contribution in [0, 0.1) is 0 Å². The van der Waals surface area contributed by atoms with E-state index in [2.05, 4.69) is 16.3 Å². The standard InChI is InChI=1S/C20H20F3N3OS/c1-26(11-14-7-2-4-8-15(14)20(21,22)23)12-18-24-25-19(27-18)17-10-13-6-3-5-9-16(13)28-17/h2,4,7-8,10H,3,5-6,9,11-12H2,1H3. The van der Waals surface area contributed by atoms with Crippen LogP contribution in [-0.4, -0.2) is 22.1 Å². The molecule has 0 saturated heterocycles. The second-order valence-electron chi connectivity index (χ2n) is 7.09. The van der Waals surface area contributed by atoms with Gasteiger partial charge in [0.25, 0.3) is 5.89 Å². The van der Waals surface area contributed by atoms with E-state index in [4.69, 9.17) is 4.42 Å². The zero-order chi connectivity index (χ0) is 19.7. The van der Waals surface area contributed by atoms with Crippen LogP contribution in [0.4, 0.5) is 13.2 Å². The number of hydrogen-bond donors (Lipinski definition) is 0. The molecule has 0 saturated carbocycles. The van der Waals surface area contributed by atoms with Gasteiger partial charge in [-0.3, -0.25) is 4.90 Å². The summed E-state index contributed by atoms with van der Waals surface area (Å²) in [5, 5.41) is 8.21. The first kappa shape index (κ1) is 19.1. The molecule has 3 aromatic rings. The highest BCUT2D eigenvalue weighted by molar-refractivity contribution is 7.15. The van der Waals surface area contributed by atoms with Gasteiger partial charge in [-0.25, -0.2) is 0 Å². The van der Waals surface area contributed by atoms with Crippen molar-refractivity contribution in [3.05, 3.63) is 57.8 Å². The van der Waals surface area contributed by atoms with Crippen LogP contribution in [0.1, 0.15) is 40.3 Å². The van der Waals surface area contributed by atoms with E-state index in [9.17, 15) is 13.2 Å². The Balaban J connectivity index is 1.45. The number of benzene rings is 1. The highest BCUT2D eigenvalue weighted by Crippen LogP contribution is 2.35. The normalized spacial score (nSPS) is 14.5. The maximum absolute atomic E-state index is 13.2. The molecule has 148 valence electrons. The van der Waals surface area contributed by atoms with E-state index in [1.54, 1.807) is 29.4 Å². The zero-order valence-electron chi connectivity index (χ0n) is 15.4. The largest absolute Gasteiger partial charge is 0.419 e. The van der Waals surface area contributed by atoms with Gasteiger partial charge in [-0.2, -0.15) is 13.2 Å². The molecule has 2 aromatic heterocycles. The van der Waals surface area contributed by atoms with Gasteiger partial charge in [-0.05, 0) is 56.0 Å². The van der Waals surface area contributed by atoms with Gasteiger partial charge in [0.2, 0.25) is 5.89 Å². The Hall–Kier alpha value is -2.19. The third kappa shape index (κ3) is 4.12. The topological polar surface area (TPSA) is 42.2 Å². The molecule has 0 fully saturated rings. The van der Waals surface area contributed by atoms with Crippen LogP contribution < -0.4 is 0 Å². The van der Waals surface area contributed by atoms with Crippen molar-refractivity contribution in [3.63, 3.8) is 0 Å². The minimum atomic E-state index is -4.37. The van der Waals surface area contributed by atoms with Gasteiger partial charge in [0.15, 0.2) is 0 Å². The van der Waals surface area contributed by atoms with Crippen LogP contribution in [0.3, 0.4) is 0 Å². The van der Waals surface area contributed by atoms with Crippen molar-refractivity contribution in [2.75, 3.05) is 7.05 Å². The Kier molecular flexibility index (Phi) is 5.25. The van der Waals surface area contributed by atoms with Gasteiger partial charge in [-0.1, -0.05) is 18.2 Å². The minimum absolute atomic E-state index is 0.140. The molecule has 0 atom stereocenters. The number of aromatic nitrogens is 2. The molecule has 1 aliphatic rings. The van der Waals surface area contributed by atoms with Crippen molar-refractivity contribution in [3.8, 4) is 10.8 Å². The third-order valence-electron chi connectivity index (χ3n) is 4.84. The van der Waals surface area contributed by atoms with Gasteiger partial charge in [0, 0.05) is 11.4 Å². The third-order valence-corrected chi connectivity index (χ3v) is 6.07. The molecule has 1 aliphatic carbocycles. The summed E-state index contributed by atoms with van der Waals surface area (Å²) >= 11 is 1.69. The Morgan fingerprint density at radius 3 is 2.68 bits per heavy atom. The number of rotatable bonds is 5. The van der Waals surface area contributed by atoms with Gasteiger partial charge in [0.1, 0.15) is 0 Å². The monoisotopic (exact) mass is 407 g/mol. The molecular weight excluding hydrogens is 387 g/mol. The molecule has 0 spiro atoms. The van der Waals surface area contributed by atoms with Crippen LogP contribution in [0.15, 0.2) is 34.7 Å². The van der Waals surface area contributed by atoms with E-state index in [-0.39, 0.29) is 18.7 Å². The Morgan fingerprint density at radius 1 is 1.11 bits per heavy atom. The molecule has 0 N–H and O–H groups in total. The second-order valence-corrected chi connectivity index (χ2v) is 8.23. The highest BCUT2D eigenvalue weighted by Gasteiger charge is 2.33. The first-order valence-electron chi connectivity index (χ1n) is 9.18. The molecule has 0 aliphatic heterocycles. The number of aryl methyl sites for hydroxylation is 2. The highest BCUT2D eigenvalue weighted by atomic mass is 32.1. The number of alkyl halides is 3. The molecule has 28 heavy (non-hydrogen) atoms. The molecule has 4 nitrogen and oxygen atoms in total. The summed E-state index contributed by atoms with van der Waals surface area (Å²) in [7, 11) is 1.74. The van der Waals surface area contributed by atoms with Crippen LogP contribution in [-0.2, 0) is 32.1 Å². The summed E-state index contributed by atoms with van der Waals surface area (Å²) in [5.41, 5.74) is 0.979. The fourth-order valence-electron chi connectivity index (χ4n) is 3.53. The van der Waals surface area contributed by atoms with Crippen LogP contribution in [0.5, 0.6) is 0 Å². The maximum Gasteiger partial charge on any atom is 0.416 e. The average molecular weight is 407 g/mol. The molecule has 0 radical (unpaired) electrons. The fourth-order valence-corrected chi connectivity index (χ4v) is 4.70. The molecule has 2 heterocycles. The lowest BCUT2D eigenvalue weighted by Crippen LogP contribution is -2.20. The van der Waals surface area contributed by atoms with Crippen molar-refractivity contribution < 1.29 is 17.6 Å². The second kappa shape index (κ2) is 7.67. The van der Waals surface area contributed by atoms with Crippen LogP contribution in [0.2, 0.25) is 0 Å². The number of fused-ring (bicyclic) bond motifs is 1. The van der Waals surface area contributed by atoms with Gasteiger partial charge in [0.05, 0.1) is 17.0 Å². The van der Waals surface area contributed by atoms with Gasteiger partial charge in [-0.15, -0.1) is 21.5 Å². The van der Waals surface area contributed by atoms with Gasteiger partial charge < -0.3 is 4.42 Å². The molecule has 1 aromatic carbocycles. The first-order chi connectivity index (χ1) is 13.4. The van der Waals surface area contributed by atoms with E-state index in [0.717, 1.165) is 23.8 Å². The molecule has 0 unspecified atom stereocenters. The first-order valence-corrected chi connectivity index (χ1v) is 10.00. The van der Waals surface area contributed by atoms with E-state index in [1.807, 2.05) is 0 Å². The Labute approximate surface area is 165 Å². The Bertz CT molecular complexity index is 940. The van der Waals surface area contributed by atoms with Crippen molar-refractivity contribution in [2.24, 2.45) is 0 Å². The minimum Gasteiger partial charge on any atom is -0.419 e. The number of hydrogen-bond acceptors (Lipinski definition) is 5. The van der Waals surface area contributed by atoms with Crippen LogP contribution in [0.25, 0.3) is 10.8 Å². The summed E-state index contributed by atoms with van der Waals surface area (Å²) in [5.74, 6) is 0.881. The number of halogens is 3. The Morgan fingerprint density at radius 2 is 1.89 bits per heavy atom. The van der Waals surface area contributed by atoms with Crippen molar-refractivity contribution in [2.45, 2.75) is 44.9 Å². The summed E-state index contributed by atoms with van der Waals surface area (Å²) in [6.07, 6.45) is 0.249. The maximum atomic E-state index is 13.2. The predicted molar refractivity (Wildman–Crippen MR) is 101 cm³/mol. The predicted octanol–water partition coefficient (Wildman–Crippen LogP) is 5.33. The summed E-state index contributed by atoms with van der Waals surface area (Å²) < 4.78 is 45.2. The summed E-state index contributed by atoms with van der Waals surface area (Å²) in [6.45, 7) is 0.422. The molecule has 0 amide bonds. The fraction of sp³-hybridized carbons (Fsp3) is 0.400. The van der Waals surface area contributed by atoms with Gasteiger partial charge >= 0.3 is 6.18 Å². The smallest absolute Gasteiger partial charge is 0.416 e. The SMILES string of the molecule is CN(Cc1nnc(-c2cc3c(s2)CCCC3)o1)Cc1ccccc1C(F)(F)F. The van der Waals surface area contributed by atoms with E-state index < -0.39 is 11.7 Å². The molecule has 0 bridgehead atoms. The quantitative estimate of drug-likeness (QED) is 0.574. The lowest BCUT2D eigenvalue weighted by atomic mass is 9.99. The molecule has 4 rings (SSSR count). The zero-order valence-corrected chi connectivity index (χ0v) is 16.2. The summed E-state index contributed by atoms with van der Waals surface area (Å²) in [6, 6.07) is 7.74. The summed E-state index contributed by atoms with van der Waals surface area (Å²) in [4.78, 5) is 4.10. The van der Waals surface area contributed by atoms with Crippen molar-refractivity contribution in [1.29, 1.82) is 0 Å². The molecule has 8 heteroatoms. The lowest BCUT2D eigenvalue weighted by molar-refractivity contribution is -0.138. The number of thiophene rings is 1. The van der Waals surface area contributed by atoms with E-state index >= 15 is 0 Å². The van der Waals surface area contributed by atoms with Crippen LogP contribution >= 0.6 is 11.3 Å². The van der Waals surface area contributed by atoms with Crippen molar-refractivity contribution >= 4 is 11.3 Å². The average Bonchev–Trinajstić information content (AvgIpc) is 3.27. The number of nitrogens with zero attached hydrogens (tertiary/aromatic N) is 3. The van der Waals surface area contributed by atoms with Crippen molar-refractivity contribution in [1.82, 2.24) is 15.1 Å². The van der Waals surface area contributed by atoms with E-state index in [0.29, 0.717) is 11.8 Å². The van der Waals surface area contributed by atoms with E-state index in [1.165, 1.54) is 35.4 Å². The molecular formula is C20H20F3N3OS.